The van der Waals surface area contributed by atoms with E-state index in [1.807, 2.05) is 13.0 Å². The highest BCUT2D eigenvalue weighted by molar-refractivity contribution is 5.97. The number of oxime groups is 1. The minimum atomic E-state index is 0.0975. The lowest BCUT2D eigenvalue weighted by Gasteiger charge is -2.10. The summed E-state index contributed by atoms with van der Waals surface area (Å²) in [5, 5.41) is 11.5. The molecule has 0 saturated heterocycles. The predicted octanol–water partition coefficient (Wildman–Crippen LogP) is 2.27. The Morgan fingerprint density at radius 3 is 2.88 bits per heavy atom. The Hall–Kier alpha value is -1.71. The lowest BCUT2D eigenvalue weighted by Crippen LogP contribution is -2.13. The summed E-state index contributed by atoms with van der Waals surface area (Å²) in [6, 6.07) is 5.49. The highest BCUT2D eigenvalue weighted by Crippen LogP contribution is 2.19. The Labute approximate surface area is 95.7 Å². The number of amidine groups is 1. The normalized spacial score (nSPS) is 11.5. The molecule has 0 radical (unpaired) electrons. The number of unbranched alkanes of at least 4 members (excludes halogenated alkanes) is 1. The number of nitrogens with two attached hydrogens (primary N) is 1. The minimum absolute atomic E-state index is 0.0975. The van der Waals surface area contributed by atoms with Crippen LogP contribution in [0.1, 0.15) is 30.9 Å². The monoisotopic (exact) mass is 222 g/mol. The first-order chi connectivity index (χ1) is 7.69. The first-order valence-electron chi connectivity index (χ1n) is 5.40. The van der Waals surface area contributed by atoms with E-state index in [2.05, 4.69) is 12.1 Å². The predicted molar refractivity (Wildman–Crippen MR) is 64.1 cm³/mol. The SMILES string of the molecule is CCCCOc1cc(/C(N)=N/O)ccc1C. The highest BCUT2D eigenvalue weighted by atomic mass is 16.5. The molecule has 0 unspecified atom stereocenters. The van der Waals surface area contributed by atoms with Crippen LogP contribution in [0.2, 0.25) is 0 Å². The van der Waals surface area contributed by atoms with E-state index < -0.39 is 0 Å². The first kappa shape index (κ1) is 12.4. The molecule has 1 rings (SSSR count). The minimum Gasteiger partial charge on any atom is -0.493 e. The second-order valence-electron chi connectivity index (χ2n) is 3.67. The molecule has 0 atom stereocenters. The molecule has 0 spiro atoms. The molecule has 0 aliphatic carbocycles. The summed E-state index contributed by atoms with van der Waals surface area (Å²) in [4.78, 5) is 0. The molecule has 0 aliphatic heterocycles. The molecule has 0 amide bonds. The van der Waals surface area contributed by atoms with Crippen molar-refractivity contribution in [3.63, 3.8) is 0 Å². The van der Waals surface area contributed by atoms with Gasteiger partial charge in [-0.25, -0.2) is 0 Å². The zero-order valence-corrected chi connectivity index (χ0v) is 9.73. The van der Waals surface area contributed by atoms with E-state index in [1.165, 1.54) is 0 Å². The van der Waals surface area contributed by atoms with Crippen molar-refractivity contribution < 1.29 is 9.94 Å². The van der Waals surface area contributed by atoms with Crippen molar-refractivity contribution in [2.24, 2.45) is 10.9 Å². The van der Waals surface area contributed by atoms with Crippen LogP contribution < -0.4 is 10.5 Å². The Bertz CT molecular complexity index is 375. The molecule has 0 aliphatic rings. The lowest BCUT2D eigenvalue weighted by atomic mass is 10.1. The Kier molecular flexibility index (Phi) is 4.64. The van der Waals surface area contributed by atoms with Crippen molar-refractivity contribution >= 4 is 5.84 Å². The molecule has 0 aromatic heterocycles. The van der Waals surface area contributed by atoms with Gasteiger partial charge in [0.2, 0.25) is 0 Å². The number of nitrogens with zero attached hydrogens (tertiary/aromatic N) is 1. The van der Waals surface area contributed by atoms with Crippen LogP contribution in [0.3, 0.4) is 0 Å². The Balaban J connectivity index is 2.82. The van der Waals surface area contributed by atoms with Gasteiger partial charge in [0.1, 0.15) is 5.75 Å². The Morgan fingerprint density at radius 2 is 2.25 bits per heavy atom. The molecular weight excluding hydrogens is 204 g/mol. The molecule has 88 valence electrons. The molecule has 3 N–H and O–H groups in total. The smallest absolute Gasteiger partial charge is 0.170 e. The third-order valence-corrected chi connectivity index (χ3v) is 2.35. The summed E-state index contributed by atoms with van der Waals surface area (Å²) in [6.45, 7) is 4.78. The molecule has 1 aromatic rings. The molecule has 1 aromatic carbocycles. The van der Waals surface area contributed by atoms with Crippen molar-refractivity contribution in [1.82, 2.24) is 0 Å². The zero-order valence-electron chi connectivity index (χ0n) is 9.73. The fourth-order valence-corrected chi connectivity index (χ4v) is 1.30. The average molecular weight is 222 g/mol. The van der Waals surface area contributed by atoms with Crippen molar-refractivity contribution in [2.75, 3.05) is 6.61 Å². The van der Waals surface area contributed by atoms with Crippen LogP contribution in [0.25, 0.3) is 0 Å². The molecule has 0 heterocycles. The van der Waals surface area contributed by atoms with Gasteiger partial charge in [-0.1, -0.05) is 30.6 Å². The maximum absolute atomic E-state index is 8.58. The second-order valence-corrected chi connectivity index (χ2v) is 3.67. The quantitative estimate of drug-likeness (QED) is 0.264. The third kappa shape index (κ3) is 3.15. The topological polar surface area (TPSA) is 67.8 Å². The van der Waals surface area contributed by atoms with Gasteiger partial charge in [0, 0.05) is 5.56 Å². The molecule has 0 bridgehead atoms. The summed E-state index contributed by atoms with van der Waals surface area (Å²) >= 11 is 0. The summed E-state index contributed by atoms with van der Waals surface area (Å²) < 4.78 is 5.62. The van der Waals surface area contributed by atoms with Gasteiger partial charge < -0.3 is 15.7 Å². The second kappa shape index (κ2) is 6.00. The first-order valence-corrected chi connectivity index (χ1v) is 5.40. The van der Waals surface area contributed by atoms with Crippen molar-refractivity contribution in [2.45, 2.75) is 26.7 Å². The molecule has 0 saturated carbocycles. The summed E-state index contributed by atoms with van der Waals surface area (Å²) in [5.41, 5.74) is 7.23. The molecule has 0 fully saturated rings. The molecule has 4 nitrogen and oxygen atoms in total. The average Bonchev–Trinajstić information content (AvgIpc) is 2.31. The molecule has 16 heavy (non-hydrogen) atoms. The van der Waals surface area contributed by atoms with Crippen molar-refractivity contribution in [3.05, 3.63) is 29.3 Å². The van der Waals surface area contributed by atoms with Crippen LogP contribution in [0.15, 0.2) is 23.4 Å². The maximum Gasteiger partial charge on any atom is 0.170 e. The fourth-order valence-electron chi connectivity index (χ4n) is 1.30. The summed E-state index contributed by atoms with van der Waals surface area (Å²) in [5.74, 6) is 0.887. The fraction of sp³-hybridized carbons (Fsp3) is 0.417. The van der Waals surface area contributed by atoms with Gasteiger partial charge in [0.15, 0.2) is 5.84 Å². The lowest BCUT2D eigenvalue weighted by molar-refractivity contribution is 0.307. The van der Waals surface area contributed by atoms with E-state index in [-0.39, 0.29) is 5.84 Å². The van der Waals surface area contributed by atoms with E-state index in [9.17, 15) is 0 Å². The van der Waals surface area contributed by atoms with E-state index in [0.717, 1.165) is 24.2 Å². The van der Waals surface area contributed by atoms with Gasteiger partial charge in [-0.3, -0.25) is 0 Å². The van der Waals surface area contributed by atoms with Crippen molar-refractivity contribution in [3.8, 4) is 5.75 Å². The third-order valence-electron chi connectivity index (χ3n) is 2.35. The van der Waals surface area contributed by atoms with E-state index in [1.54, 1.807) is 12.1 Å². The van der Waals surface area contributed by atoms with Crippen LogP contribution in [0.5, 0.6) is 5.75 Å². The van der Waals surface area contributed by atoms with E-state index in [4.69, 9.17) is 15.7 Å². The van der Waals surface area contributed by atoms with Crippen LogP contribution >= 0.6 is 0 Å². The number of aryl methyl sites for hydroxylation is 1. The number of hydrogen-bond acceptors (Lipinski definition) is 3. The summed E-state index contributed by atoms with van der Waals surface area (Å²) in [6.07, 6.45) is 2.12. The number of rotatable bonds is 5. The van der Waals surface area contributed by atoms with Gasteiger partial charge in [-0.15, -0.1) is 0 Å². The van der Waals surface area contributed by atoms with Gasteiger partial charge in [0.25, 0.3) is 0 Å². The number of ether oxygens (including phenoxy) is 1. The van der Waals surface area contributed by atoms with Crippen LogP contribution in [0.4, 0.5) is 0 Å². The number of benzene rings is 1. The highest BCUT2D eigenvalue weighted by Gasteiger charge is 2.04. The van der Waals surface area contributed by atoms with E-state index >= 15 is 0 Å². The van der Waals surface area contributed by atoms with Crippen LogP contribution in [-0.2, 0) is 0 Å². The van der Waals surface area contributed by atoms with Crippen molar-refractivity contribution in [1.29, 1.82) is 0 Å². The maximum atomic E-state index is 8.58. The molecular formula is C12H18N2O2. The van der Waals surface area contributed by atoms with Crippen LogP contribution in [0, 0.1) is 6.92 Å². The largest absolute Gasteiger partial charge is 0.493 e. The summed E-state index contributed by atoms with van der Waals surface area (Å²) in [7, 11) is 0. The Morgan fingerprint density at radius 1 is 1.50 bits per heavy atom. The van der Waals surface area contributed by atoms with Crippen LogP contribution in [-0.4, -0.2) is 17.6 Å². The zero-order chi connectivity index (χ0) is 12.0. The molecule has 4 heteroatoms. The van der Waals surface area contributed by atoms with Gasteiger partial charge in [-0.2, -0.15) is 0 Å². The van der Waals surface area contributed by atoms with E-state index in [0.29, 0.717) is 12.2 Å². The van der Waals surface area contributed by atoms with Gasteiger partial charge in [-0.05, 0) is 25.0 Å². The standard InChI is InChI=1S/C12H18N2O2/c1-3-4-7-16-11-8-10(12(13)14-15)6-5-9(11)2/h5-6,8,15H,3-4,7H2,1-2H3,(H2,13,14). The number of hydrogen-bond donors (Lipinski definition) is 2. The van der Waals surface area contributed by atoms with Gasteiger partial charge in [0.05, 0.1) is 6.61 Å². The van der Waals surface area contributed by atoms with Gasteiger partial charge >= 0.3 is 0 Å².